The number of hydrogen-bond acceptors (Lipinski definition) is 6. The van der Waals surface area contributed by atoms with E-state index in [1.807, 2.05) is 0 Å². The molecule has 0 unspecified atom stereocenters. The van der Waals surface area contributed by atoms with Gasteiger partial charge in [-0.25, -0.2) is 18.0 Å². The van der Waals surface area contributed by atoms with Gasteiger partial charge in [-0.3, -0.25) is 9.59 Å². The summed E-state index contributed by atoms with van der Waals surface area (Å²) in [6.45, 7) is 0. The molecule has 10 nitrogen and oxygen atoms in total. The van der Waals surface area contributed by atoms with Crippen LogP contribution in [-0.4, -0.2) is 42.4 Å². The van der Waals surface area contributed by atoms with Crippen molar-refractivity contribution in [2.45, 2.75) is 9.79 Å². The number of carboxylic acid groups (broad SMARTS) is 2. The highest BCUT2D eigenvalue weighted by molar-refractivity contribution is 7.91. The van der Waals surface area contributed by atoms with Gasteiger partial charge in [0, 0.05) is 11.1 Å². The molecule has 4 N–H and O–H groups in total. The Labute approximate surface area is 222 Å². The second-order valence-corrected chi connectivity index (χ2v) is 10.1. The summed E-state index contributed by atoms with van der Waals surface area (Å²) >= 11 is 0. The number of sulfone groups is 1. The third-order valence-electron chi connectivity index (χ3n) is 5.66. The zero-order chi connectivity index (χ0) is 28.2. The molecule has 0 aliphatic carbocycles. The van der Waals surface area contributed by atoms with E-state index in [1.165, 1.54) is 84.9 Å². The number of nitrogens with one attached hydrogen (secondary N) is 2. The summed E-state index contributed by atoms with van der Waals surface area (Å²) in [6.07, 6.45) is 0. The maximum absolute atomic E-state index is 13.1. The van der Waals surface area contributed by atoms with Gasteiger partial charge in [0.2, 0.25) is 9.84 Å². The minimum absolute atomic E-state index is 0.0896. The fourth-order valence-corrected chi connectivity index (χ4v) is 4.91. The van der Waals surface area contributed by atoms with Gasteiger partial charge in [-0.1, -0.05) is 24.3 Å². The number of para-hydroxylation sites is 2. The molecule has 11 heteroatoms. The zero-order valence-corrected chi connectivity index (χ0v) is 20.8. The third-order valence-corrected chi connectivity index (χ3v) is 7.45. The normalized spacial score (nSPS) is 10.9. The number of benzene rings is 4. The van der Waals surface area contributed by atoms with E-state index in [-0.39, 0.29) is 43.4 Å². The summed E-state index contributed by atoms with van der Waals surface area (Å²) in [6, 6.07) is 21.9. The Morgan fingerprint density at radius 2 is 0.846 bits per heavy atom. The summed E-state index contributed by atoms with van der Waals surface area (Å²) in [4.78, 5) is 47.7. The van der Waals surface area contributed by atoms with Crippen LogP contribution in [0, 0.1) is 0 Å². The van der Waals surface area contributed by atoms with E-state index in [1.54, 1.807) is 12.1 Å². The molecule has 0 saturated carbocycles. The second-order valence-electron chi connectivity index (χ2n) is 8.16. The van der Waals surface area contributed by atoms with E-state index in [2.05, 4.69) is 10.6 Å². The molecule has 0 aliphatic rings. The molecule has 0 fully saturated rings. The Hall–Kier alpha value is -5.29. The van der Waals surface area contributed by atoms with Crippen LogP contribution in [-0.2, 0) is 9.84 Å². The molecular formula is C28H20N2O8S. The Morgan fingerprint density at radius 1 is 0.513 bits per heavy atom. The van der Waals surface area contributed by atoms with E-state index in [4.69, 9.17) is 0 Å². The van der Waals surface area contributed by atoms with E-state index in [9.17, 15) is 37.8 Å². The monoisotopic (exact) mass is 544 g/mol. The fourth-order valence-electron chi connectivity index (χ4n) is 3.65. The van der Waals surface area contributed by atoms with Crippen molar-refractivity contribution in [3.05, 3.63) is 119 Å². The number of hydrogen-bond donors (Lipinski definition) is 4. The van der Waals surface area contributed by atoms with Crippen LogP contribution in [0.4, 0.5) is 11.4 Å². The first-order chi connectivity index (χ1) is 18.6. The van der Waals surface area contributed by atoms with Crippen molar-refractivity contribution in [3.8, 4) is 0 Å². The van der Waals surface area contributed by atoms with Crippen LogP contribution in [0.2, 0.25) is 0 Å². The average Bonchev–Trinajstić information content (AvgIpc) is 2.93. The predicted octanol–water partition coefficient (Wildman–Crippen LogP) is 4.42. The number of rotatable bonds is 8. The van der Waals surface area contributed by atoms with Crippen LogP contribution < -0.4 is 10.6 Å². The lowest BCUT2D eigenvalue weighted by atomic mass is 10.1. The van der Waals surface area contributed by atoms with Crippen molar-refractivity contribution in [2.75, 3.05) is 10.6 Å². The smallest absolute Gasteiger partial charge is 0.337 e. The van der Waals surface area contributed by atoms with Gasteiger partial charge in [0.25, 0.3) is 11.8 Å². The SMILES string of the molecule is O=C(Nc1ccccc1C(=O)O)c1ccc(S(=O)(=O)c2ccc(C(=O)Nc3ccccc3C(=O)O)cc2)cc1. The van der Waals surface area contributed by atoms with Crippen molar-refractivity contribution in [1.82, 2.24) is 0 Å². The molecule has 4 aromatic carbocycles. The maximum Gasteiger partial charge on any atom is 0.337 e. The quantitative estimate of drug-likeness (QED) is 0.253. The van der Waals surface area contributed by atoms with Crippen molar-refractivity contribution >= 4 is 45.0 Å². The molecule has 39 heavy (non-hydrogen) atoms. The first-order valence-corrected chi connectivity index (χ1v) is 12.8. The van der Waals surface area contributed by atoms with E-state index >= 15 is 0 Å². The van der Waals surface area contributed by atoms with Crippen molar-refractivity contribution < 1.29 is 37.8 Å². The van der Waals surface area contributed by atoms with Gasteiger partial charge in [0.1, 0.15) is 0 Å². The standard InChI is InChI=1S/C28H20N2O8S/c31-25(29-23-7-3-1-5-21(23)27(33)34)17-9-13-19(14-10-17)39(37,38)20-15-11-18(12-16-20)26(32)30-24-8-4-2-6-22(24)28(35)36/h1-16H,(H,29,31)(H,30,32)(H,33,34)(H,35,36). The molecule has 4 aromatic rings. The first kappa shape index (κ1) is 26.8. The Morgan fingerprint density at radius 3 is 1.18 bits per heavy atom. The molecule has 0 spiro atoms. The Balaban J connectivity index is 1.49. The van der Waals surface area contributed by atoms with Crippen LogP contribution in [0.15, 0.2) is 107 Å². The highest BCUT2D eigenvalue weighted by Crippen LogP contribution is 2.23. The van der Waals surface area contributed by atoms with E-state index in [0.717, 1.165) is 0 Å². The molecule has 0 atom stereocenters. The molecule has 4 rings (SSSR count). The number of aromatic carboxylic acids is 2. The fraction of sp³-hybridized carbons (Fsp3) is 0. The van der Waals surface area contributed by atoms with Crippen LogP contribution in [0.25, 0.3) is 0 Å². The first-order valence-electron chi connectivity index (χ1n) is 11.3. The molecule has 0 aromatic heterocycles. The number of amides is 2. The number of carbonyl (C=O) groups is 4. The molecular weight excluding hydrogens is 524 g/mol. The summed E-state index contributed by atoms with van der Waals surface area (Å²) in [5, 5.41) is 23.5. The average molecular weight is 545 g/mol. The highest BCUT2D eigenvalue weighted by Gasteiger charge is 2.20. The van der Waals surface area contributed by atoms with Crippen molar-refractivity contribution in [2.24, 2.45) is 0 Å². The second kappa shape index (κ2) is 11.0. The van der Waals surface area contributed by atoms with Gasteiger partial charge >= 0.3 is 11.9 Å². The third kappa shape index (κ3) is 5.84. The van der Waals surface area contributed by atoms with Crippen LogP contribution in [0.1, 0.15) is 41.4 Å². The lowest BCUT2D eigenvalue weighted by Crippen LogP contribution is -2.15. The molecule has 196 valence electrons. The topological polar surface area (TPSA) is 167 Å². The van der Waals surface area contributed by atoms with E-state index in [0.29, 0.717) is 0 Å². The number of anilines is 2. The summed E-state index contributed by atoms with van der Waals surface area (Å²) in [5.41, 5.74) is 0.247. The summed E-state index contributed by atoms with van der Waals surface area (Å²) in [7, 11) is -4.00. The zero-order valence-electron chi connectivity index (χ0n) is 20.0. The van der Waals surface area contributed by atoms with Gasteiger partial charge < -0.3 is 20.8 Å². The van der Waals surface area contributed by atoms with Crippen molar-refractivity contribution in [3.63, 3.8) is 0 Å². The highest BCUT2D eigenvalue weighted by atomic mass is 32.2. The summed E-state index contributed by atoms with van der Waals surface area (Å²) < 4.78 is 26.2. The lowest BCUT2D eigenvalue weighted by molar-refractivity contribution is 0.0687. The predicted molar refractivity (Wildman–Crippen MR) is 141 cm³/mol. The molecule has 0 heterocycles. The molecule has 0 saturated heterocycles. The van der Waals surface area contributed by atoms with Crippen LogP contribution >= 0.6 is 0 Å². The number of carboxylic acids is 2. The Kier molecular flexibility index (Phi) is 7.54. The summed E-state index contributed by atoms with van der Waals surface area (Å²) in [5.74, 6) is -3.65. The van der Waals surface area contributed by atoms with Crippen LogP contribution in [0.3, 0.4) is 0 Å². The largest absolute Gasteiger partial charge is 0.478 e. The molecule has 2 amide bonds. The number of carbonyl (C=O) groups excluding carboxylic acids is 2. The Bertz CT molecular complexity index is 1580. The minimum atomic E-state index is -4.00. The maximum atomic E-state index is 13.1. The molecule has 0 aliphatic heterocycles. The van der Waals surface area contributed by atoms with Gasteiger partial charge in [0.15, 0.2) is 0 Å². The van der Waals surface area contributed by atoms with Gasteiger partial charge in [-0.15, -0.1) is 0 Å². The molecule has 0 radical (unpaired) electrons. The van der Waals surface area contributed by atoms with Gasteiger partial charge in [-0.05, 0) is 72.8 Å². The molecule has 0 bridgehead atoms. The van der Waals surface area contributed by atoms with Gasteiger partial charge in [0.05, 0.1) is 32.3 Å². The minimum Gasteiger partial charge on any atom is -0.478 e. The lowest BCUT2D eigenvalue weighted by Gasteiger charge is -2.10. The van der Waals surface area contributed by atoms with Crippen molar-refractivity contribution in [1.29, 1.82) is 0 Å². The van der Waals surface area contributed by atoms with Crippen LogP contribution in [0.5, 0.6) is 0 Å². The van der Waals surface area contributed by atoms with Gasteiger partial charge in [-0.2, -0.15) is 0 Å². The van der Waals surface area contributed by atoms with E-state index < -0.39 is 33.6 Å².